The van der Waals surface area contributed by atoms with E-state index in [9.17, 15) is 5.11 Å². The second-order valence-corrected chi connectivity index (χ2v) is 6.91. The van der Waals surface area contributed by atoms with E-state index in [4.69, 9.17) is 10.5 Å². The summed E-state index contributed by atoms with van der Waals surface area (Å²) in [6.07, 6.45) is 5.27. The fraction of sp³-hybridized carbons (Fsp3) is 0.647. The largest absolute Gasteiger partial charge is 0.384 e. The van der Waals surface area contributed by atoms with Crippen molar-refractivity contribution in [2.75, 3.05) is 6.54 Å². The highest BCUT2D eigenvalue weighted by Gasteiger charge is 2.63. The molecule has 108 valence electrons. The molecule has 20 heavy (non-hydrogen) atoms. The van der Waals surface area contributed by atoms with Gasteiger partial charge in [0.25, 0.3) is 0 Å². The fourth-order valence-corrected chi connectivity index (χ4v) is 4.88. The summed E-state index contributed by atoms with van der Waals surface area (Å²) in [5.41, 5.74) is 8.69. The summed E-state index contributed by atoms with van der Waals surface area (Å²) in [6, 6.07) is 6.46. The number of aliphatic hydroxyl groups is 1. The maximum Gasteiger partial charge on any atom is 0.0996 e. The lowest BCUT2D eigenvalue weighted by molar-refractivity contribution is -0.116. The van der Waals surface area contributed by atoms with Gasteiger partial charge in [0, 0.05) is 12.0 Å². The molecule has 3 heteroatoms. The third-order valence-electron chi connectivity index (χ3n) is 5.97. The van der Waals surface area contributed by atoms with Gasteiger partial charge in [-0.3, -0.25) is 0 Å². The van der Waals surface area contributed by atoms with Crippen LogP contribution in [-0.4, -0.2) is 23.9 Å². The predicted octanol–water partition coefficient (Wildman–Crippen LogP) is 2.03. The molecule has 2 fully saturated rings. The molecule has 0 aromatic heterocycles. The monoisotopic (exact) mass is 273 g/mol. The standard InChI is InChI=1S/C17H23NO2/c1-11-2-3-12-6-7-17(19,14(12)8-11)16(10-18)9-13-4-5-15(16)20-13/h2-3,8,13,15,19H,4-7,9-10,18H2,1H3. The van der Waals surface area contributed by atoms with Gasteiger partial charge in [-0.15, -0.1) is 0 Å². The molecule has 1 aromatic carbocycles. The fourth-order valence-electron chi connectivity index (χ4n) is 4.88. The molecule has 1 aromatic rings. The summed E-state index contributed by atoms with van der Waals surface area (Å²) >= 11 is 0. The zero-order chi connectivity index (χ0) is 14.0. The summed E-state index contributed by atoms with van der Waals surface area (Å²) in [5.74, 6) is 0. The molecule has 1 aliphatic carbocycles. The molecule has 2 heterocycles. The number of ether oxygens (including phenoxy) is 1. The Kier molecular flexibility index (Phi) is 2.60. The van der Waals surface area contributed by atoms with Crippen LogP contribution in [0.1, 0.15) is 42.4 Å². The number of hydrogen-bond acceptors (Lipinski definition) is 3. The molecule has 4 unspecified atom stereocenters. The van der Waals surface area contributed by atoms with Gasteiger partial charge in [0.05, 0.1) is 17.8 Å². The van der Waals surface area contributed by atoms with Crippen molar-refractivity contribution in [2.45, 2.75) is 56.8 Å². The van der Waals surface area contributed by atoms with E-state index in [0.717, 1.165) is 37.7 Å². The Balaban J connectivity index is 1.84. The maximum absolute atomic E-state index is 11.6. The molecule has 3 N–H and O–H groups in total. The highest BCUT2D eigenvalue weighted by Crippen LogP contribution is 2.60. The van der Waals surface area contributed by atoms with E-state index in [1.54, 1.807) is 0 Å². The minimum absolute atomic E-state index is 0.133. The Bertz CT molecular complexity index is 558. The predicted molar refractivity (Wildman–Crippen MR) is 77.4 cm³/mol. The van der Waals surface area contributed by atoms with E-state index in [2.05, 4.69) is 25.1 Å². The van der Waals surface area contributed by atoms with Gasteiger partial charge < -0.3 is 15.6 Å². The summed E-state index contributed by atoms with van der Waals surface area (Å²) < 4.78 is 6.06. The number of hydrogen-bond donors (Lipinski definition) is 2. The van der Waals surface area contributed by atoms with Crippen molar-refractivity contribution in [1.82, 2.24) is 0 Å². The third kappa shape index (κ3) is 1.41. The first-order valence-corrected chi connectivity index (χ1v) is 7.77. The van der Waals surface area contributed by atoms with Crippen LogP contribution in [0.25, 0.3) is 0 Å². The molecule has 0 saturated carbocycles. The van der Waals surface area contributed by atoms with Crippen LogP contribution in [0.5, 0.6) is 0 Å². The molecule has 0 amide bonds. The van der Waals surface area contributed by atoms with Gasteiger partial charge in [-0.25, -0.2) is 0 Å². The van der Waals surface area contributed by atoms with E-state index >= 15 is 0 Å². The van der Waals surface area contributed by atoms with Crippen LogP contribution in [0.3, 0.4) is 0 Å². The molecule has 4 atom stereocenters. The normalized spacial score (nSPS) is 42.1. The van der Waals surface area contributed by atoms with Gasteiger partial charge in [0.15, 0.2) is 0 Å². The second kappa shape index (κ2) is 4.06. The average Bonchev–Trinajstić information content (AvgIpc) is 3.13. The number of rotatable bonds is 2. The SMILES string of the molecule is Cc1ccc2c(c1)C(O)(C1(CN)CC3CCC1O3)CC2. The Labute approximate surface area is 120 Å². The summed E-state index contributed by atoms with van der Waals surface area (Å²) in [5, 5.41) is 11.6. The van der Waals surface area contributed by atoms with Gasteiger partial charge in [0.1, 0.15) is 0 Å². The van der Waals surface area contributed by atoms with Crippen molar-refractivity contribution < 1.29 is 9.84 Å². The lowest BCUT2D eigenvalue weighted by Gasteiger charge is -2.46. The van der Waals surface area contributed by atoms with Crippen LogP contribution in [0.4, 0.5) is 0 Å². The van der Waals surface area contributed by atoms with E-state index in [1.807, 2.05) is 0 Å². The molecule has 2 bridgehead atoms. The van der Waals surface area contributed by atoms with Crippen LogP contribution in [-0.2, 0) is 16.8 Å². The van der Waals surface area contributed by atoms with E-state index in [0.29, 0.717) is 12.6 Å². The van der Waals surface area contributed by atoms with Crippen molar-refractivity contribution >= 4 is 0 Å². The molecule has 0 radical (unpaired) electrons. The van der Waals surface area contributed by atoms with Gasteiger partial charge >= 0.3 is 0 Å². The second-order valence-electron chi connectivity index (χ2n) is 6.91. The zero-order valence-corrected chi connectivity index (χ0v) is 12.1. The van der Waals surface area contributed by atoms with Gasteiger partial charge in [0.2, 0.25) is 0 Å². The number of fused-ring (bicyclic) bond motifs is 3. The molecule has 0 spiro atoms. The van der Waals surface area contributed by atoms with Gasteiger partial charge in [-0.05, 0) is 50.2 Å². The minimum Gasteiger partial charge on any atom is -0.384 e. The van der Waals surface area contributed by atoms with Gasteiger partial charge in [-0.2, -0.15) is 0 Å². The van der Waals surface area contributed by atoms with Crippen LogP contribution >= 0.6 is 0 Å². The highest BCUT2D eigenvalue weighted by atomic mass is 16.5. The van der Waals surface area contributed by atoms with Crippen molar-refractivity contribution in [2.24, 2.45) is 11.1 Å². The average molecular weight is 273 g/mol. The minimum atomic E-state index is -0.803. The maximum atomic E-state index is 11.6. The molecular formula is C17H23NO2. The molecule has 4 rings (SSSR count). The lowest BCUT2D eigenvalue weighted by Crippen LogP contribution is -2.55. The zero-order valence-electron chi connectivity index (χ0n) is 12.1. The van der Waals surface area contributed by atoms with Crippen LogP contribution in [0, 0.1) is 12.3 Å². The molecular weight excluding hydrogens is 250 g/mol. The molecule has 3 nitrogen and oxygen atoms in total. The number of aryl methyl sites for hydroxylation is 2. The Morgan fingerprint density at radius 3 is 2.90 bits per heavy atom. The van der Waals surface area contributed by atoms with Crippen molar-refractivity contribution in [3.05, 3.63) is 34.9 Å². The van der Waals surface area contributed by atoms with Crippen LogP contribution < -0.4 is 5.73 Å². The van der Waals surface area contributed by atoms with Crippen LogP contribution in [0.15, 0.2) is 18.2 Å². The van der Waals surface area contributed by atoms with Crippen molar-refractivity contribution in [3.8, 4) is 0 Å². The topological polar surface area (TPSA) is 55.5 Å². The smallest absolute Gasteiger partial charge is 0.0996 e. The highest BCUT2D eigenvalue weighted by molar-refractivity contribution is 5.42. The third-order valence-corrected chi connectivity index (χ3v) is 5.97. The van der Waals surface area contributed by atoms with Crippen molar-refractivity contribution in [3.63, 3.8) is 0 Å². The van der Waals surface area contributed by atoms with Gasteiger partial charge in [-0.1, -0.05) is 23.8 Å². The first-order valence-electron chi connectivity index (χ1n) is 7.77. The van der Waals surface area contributed by atoms with E-state index in [-0.39, 0.29) is 11.5 Å². The lowest BCUT2D eigenvalue weighted by atomic mass is 9.61. The Morgan fingerprint density at radius 2 is 2.25 bits per heavy atom. The molecule has 2 aliphatic heterocycles. The Morgan fingerprint density at radius 1 is 1.40 bits per heavy atom. The number of benzene rings is 1. The van der Waals surface area contributed by atoms with Crippen LogP contribution in [0.2, 0.25) is 0 Å². The summed E-state index contributed by atoms with van der Waals surface area (Å²) in [6.45, 7) is 2.60. The van der Waals surface area contributed by atoms with E-state index < -0.39 is 5.60 Å². The first kappa shape index (κ1) is 12.8. The summed E-state index contributed by atoms with van der Waals surface area (Å²) in [7, 11) is 0. The van der Waals surface area contributed by atoms with E-state index in [1.165, 1.54) is 11.1 Å². The quantitative estimate of drug-likeness (QED) is 0.867. The molecule has 2 saturated heterocycles. The Hall–Kier alpha value is -0.900. The molecule has 3 aliphatic rings. The summed E-state index contributed by atoms with van der Waals surface area (Å²) in [4.78, 5) is 0. The first-order chi connectivity index (χ1) is 9.59. The number of nitrogens with two attached hydrogens (primary N) is 1. The van der Waals surface area contributed by atoms with Crippen molar-refractivity contribution in [1.29, 1.82) is 0 Å².